The van der Waals surface area contributed by atoms with Gasteiger partial charge >= 0.3 is 0 Å². The number of hydrogen-bond donors (Lipinski definition) is 1. The second-order valence-corrected chi connectivity index (χ2v) is 7.26. The summed E-state index contributed by atoms with van der Waals surface area (Å²) in [6, 6.07) is 14.2. The number of likely N-dealkylation sites (tertiary alicyclic amines) is 1. The summed E-state index contributed by atoms with van der Waals surface area (Å²) in [6.45, 7) is 2.13. The van der Waals surface area contributed by atoms with Gasteiger partial charge in [0.15, 0.2) is 0 Å². The van der Waals surface area contributed by atoms with E-state index < -0.39 is 0 Å². The van der Waals surface area contributed by atoms with E-state index in [1.807, 2.05) is 23.1 Å². The van der Waals surface area contributed by atoms with Gasteiger partial charge in [-0.1, -0.05) is 28.8 Å². The number of piperidine rings is 1. The second kappa shape index (κ2) is 6.90. The lowest BCUT2D eigenvalue weighted by Gasteiger charge is -2.32. The van der Waals surface area contributed by atoms with E-state index >= 15 is 0 Å². The summed E-state index contributed by atoms with van der Waals surface area (Å²) in [5.74, 6) is 0.588. The highest BCUT2D eigenvalue weighted by Crippen LogP contribution is 2.29. The number of carbonyl (C=O) groups excluding carboxylic acids is 1. The monoisotopic (exact) mass is 352 g/mol. The minimum Gasteiger partial charge on any atom is -0.339 e. The fourth-order valence-corrected chi connectivity index (χ4v) is 4.03. The zero-order valence-electron chi connectivity index (χ0n) is 13.9. The van der Waals surface area contributed by atoms with Gasteiger partial charge in [0.2, 0.25) is 0 Å². The average Bonchev–Trinajstić information content (AvgIpc) is 3.15. The number of fused-ring (bicyclic) bond motifs is 1. The fraction of sp³-hybridized carbons (Fsp3) is 0.316. The van der Waals surface area contributed by atoms with Crippen LogP contribution in [-0.4, -0.2) is 33.5 Å². The molecule has 0 aliphatic carbocycles. The number of carbonyl (C=O) groups is 1. The second-order valence-electron chi connectivity index (χ2n) is 6.47. The summed E-state index contributed by atoms with van der Waals surface area (Å²) < 4.78 is 4.94. The zero-order chi connectivity index (χ0) is 17.2. The Morgan fingerprint density at radius 1 is 1.20 bits per heavy atom. The molecule has 2 aromatic carbocycles. The average molecular weight is 352 g/mol. The lowest BCUT2D eigenvalue weighted by Crippen LogP contribution is -2.37. The molecule has 0 radical (unpaired) electrons. The fourth-order valence-electron chi connectivity index (χ4n) is 3.49. The van der Waals surface area contributed by atoms with Crippen molar-refractivity contribution in [2.75, 3.05) is 13.1 Å². The number of hydrogen-bond acceptors (Lipinski definition) is 5. The minimum atomic E-state index is 0.0871. The van der Waals surface area contributed by atoms with Crippen molar-refractivity contribution in [2.24, 2.45) is 5.73 Å². The number of benzene rings is 2. The van der Waals surface area contributed by atoms with Gasteiger partial charge in [0, 0.05) is 25.2 Å². The molecule has 1 amide bonds. The summed E-state index contributed by atoms with van der Waals surface area (Å²) in [5, 5.41) is 4.06. The van der Waals surface area contributed by atoms with Crippen LogP contribution in [0.4, 0.5) is 0 Å². The minimum absolute atomic E-state index is 0.0871. The molecule has 1 aliphatic heterocycles. The van der Waals surface area contributed by atoms with Crippen LogP contribution in [0.5, 0.6) is 0 Å². The molecule has 0 bridgehead atoms. The Morgan fingerprint density at radius 2 is 2.04 bits per heavy atom. The highest BCUT2D eigenvalue weighted by molar-refractivity contribution is 7.12. The van der Waals surface area contributed by atoms with Crippen molar-refractivity contribution in [3.8, 4) is 0 Å². The van der Waals surface area contributed by atoms with Crippen molar-refractivity contribution in [1.82, 2.24) is 14.5 Å². The molecule has 2 N–H and O–H groups in total. The summed E-state index contributed by atoms with van der Waals surface area (Å²) in [6.07, 6.45) is 1.97. The topological polar surface area (TPSA) is 72.1 Å². The highest BCUT2D eigenvalue weighted by Gasteiger charge is 2.25. The first kappa shape index (κ1) is 16.2. The quantitative estimate of drug-likeness (QED) is 0.786. The number of rotatable bonds is 3. The molecule has 25 heavy (non-hydrogen) atoms. The molecule has 1 aliphatic rings. The lowest BCUT2D eigenvalue weighted by molar-refractivity contribution is 0.0713. The molecule has 2 heterocycles. The summed E-state index contributed by atoms with van der Waals surface area (Å²) in [7, 11) is 0. The van der Waals surface area contributed by atoms with Crippen molar-refractivity contribution in [1.29, 1.82) is 0 Å². The number of nitrogens with two attached hydrogens (primary N) is 1. The Labute approximate surface area is 150 Å². The van der Waals surface area contributed by atoms with Gasteiger partial charge in [0.05, 0.1) is 4.70 Å². The van der Waals surface area contributed by atoms with Crippen molar-refractivity contribution < 1.29 is 4.79 Å². The van der Waals surface area contributed by atoms with E-state index in [1.165, 1.54) is 22.7 Å². The van der Waals surface area contributed by atoms with Crippen molar-refractivity contribution in [2.45, 2.75) is 25.3 Å². The van der Waals surface area contributed by atoms with Gasteiger partial charge in [-0.05, 0) is 59.6 Å². The smallest absolute Gasteiger partial charge is 0.253 e. The number of nitrogens with zero attached hydrogens (tertiary/aromatic N) is 3. The molecule has 0 unspecified atom stereocenters. The van der Waals surface area contributed by atoms with Crippen LogP contribution in [0, 0.1) is 0 Å². The van der Waals surface area contributed by atoms with Crippen LogP contribution in [-0.2, 0) is 6.54 Å². The van der Waals surface area contributed by atoms with E-state index in [4.69, 9.17) is 5.73 Å². The Kier molecular flexibility index (Phi) is 4.46. The molecular formula is C19H20N4OS. The predicted molar refractivity (Wildman–Crippen MR) is 99.6 cm³/mol. The zero-order valence-corrected chi connectivity index (χ0v) is 14.7. The summed E-state index contributed by atoms with van der Waals surface area (Å²) in [4.78, 5) is 14.7. The van der Waals surface area contributed by atoms with E-state index in [-0.39, 0.29) is 5.91 Å². The normalized spacial score (nSPS) is 15.6. The third-order valence-corrected chi connectivity index (χ3v) is 5.64. The molecular weight excluding hydrogens is 332 g/mol. The largest absolute Gasteiger partial charge is 0.339 e. The number of aromatic nitrogens is 2. The van der Waals surface area contributed by atoms with Gasteiger partial charge < -0.3 is 10.6 Å². The first-order valence-corrected chi connectivity index (χ1v) is 9.32. The van der Waals surface area contributed by atoms with Crippen LogP contribution in [0.15, 0.2) is 42.5 Å². The Hall–Kier alpha value is -2.31. The van der Waals surface area contributed by atoms with Gasteiger partial charge in [-0.2, -0.15) is 0 Å². The van der Waals surface area contributed by atoms with Gasteiger partial charge in [-0.25, -0.2) is 0 Å². The van der Waals surface area contributed by atoms with Crippen LogP contribution in [0.25, 0.3) is 10.2 Å². The molecule has 4 rings (SSSR count). The Bertz CT molecular complexity index is 899. The van der Waals surface area contributed by atoms with Gasteiger partial charge in [0.25, 0.3) is 5.91 Å². The Balaban J connectivity index is 1.44. The first-order chi connectivity index (χ1) is 12.2. The SMILES string of the molecule is NCc1cccc(C2CCN(C(=O)c3ccc4snnc4c3)CC2)c1. The van der Waals surface area contributed by atoms with Crippen molar-refractivity contribution >= 4 is 27.7 Å². The third kappa shape index (κ3) is 3.27. The molecule has 0 saturated carbocycles. The van der Waals surface area contributed by atoms with Crippen LogP contribution >= 0.6 is 11.5 Å². The van der Waals surface area contributed by atoms with Crippen LogP contribution in [0.3, 0.4) is 0 Å². The maximum Gasteiger partial charge on any atom is 0.253 e. The van der Waals surface area contributed by atoms with Crippen LogP contribution in [0.2, 0.25) is 0 Å². The van der Waals surface area contributed by atoms with E-state index in [0.717, 1.165) is 36.1 Å². The van der Waals surface area contributed by atoms with Gasteiger partial charge in [-0.3, -0.25) is 4.79 Å². The maximum atomic E-state index is 12.8. The summed E-state index contributed by atoms with van der Waals surface area (Å²) >= 11 is 1.35. The van der Waals surface area contributed by atoms with Gasteiger partial charge in [-0.15, -0.1) is 5.10 Å². The molecule has 5 nitrogen and oxygen atoms in total. The van der Waals surface area contributed by atoms with Crippen LogP contribution < -0.4 is 5.73 Å². The third-order valence-electron chi connectivity index (χ3n) is 4.93. The molecule has 0 spiro atoms. The van der Waals surface area contributed by atoms with Crippen LogP contribution in [0.1, 0.15) is 40.2 Å². The molecule has 1 fully saturated rings. The Morgan fingerprint density at radius 3 is 2.84 bits per heavy atom. The van der Waals surface area contributed by atoms with Gasteiger partial charge in [0.1, 0.15) is 5.52 Å². The molecule has 1 aromatic heterocycles. The standard InChI is InChI=1S/C19H20N4OS/c20-12-13-2-1-3-15(10-13)14-6-8-23(9-7-14)19(24)16-4-5-18-17(11-16)21-22-25-18/h1-5,10-11,14H,6-9,12,20H2. The van der Waals surface area contributed by atoms with E-state index in [2.05, 4.69) is 33.9 Å². The molecule has 128 valence electrons. The first-order valence-electron chi connectivity index (χ1n) is 8.55. The van der Waals surface area contributed by atoms with Crippen molar-refractivity contribution in [3.05, 3.63) is 59.2 Å². The van der Waals surface area contributed by atoms with Crippen molar-refractivity contribution in [3.63, 3.8) is 0 Å². The molecule has 6 heteroatoms. The van der Waals surface area contributed by atoms with E-state index in [1.54, 1.807) is 0 Å². The highest BCUT2D eigenvalue weighted by atomic mass is 32.1. The maximum absolute atomic E-state index is 12.8. The van der Waals surface area contributed by atoms with E-state index in [9.17, 15) is 4.79 Å². The predicted octanol–water partition coefficient (Wildman–Crippen LogP) is 3.17. The number of amides is 1. The lowest BCUT2D eigenvalue weighted by atomic mass is 9.88. The molecule has 1 saturated heterocycles. The molecule has 0 atom stereocenters. The van der Waals surface area contributed by atoms with E-state index in [0.29, 0.717) is 18.0 Å². The summed E-state index contributed by atoms with van der Waals surface area (Å²) in [5.41, 5.74) is 9.74. The molecule has 3 aromatic rings.